The van der Waals surface area contributed by atoms with Crippen LogP contribution >= 0.6 is 0 Å². The van der Waals surface area contributed by atoms with Crippen molar-refractivity contribution < 1.29 is 9.53 Å². The largest absolute Gasteiger partial charge is 0.444 e. The third-order valence-corrected chi connectivity index (χ3v) is 3.08. The van der Waals surface area contributed by atoms with Crippen molar-refractivity contribution in [2.45, 2.75) is 64.5 Å². The molecule has 0 aromatic carbocycles. The van der Waals surface area contributed by atoms with Gasteiger partial charge in [0.1, 0.15) is 5.60 Å². The quantitative estimate of drug-likeness (QED) is 0.795. The van der Waals surface area contributed by atoms with Gasteiger partial charge in [-0.15, -0.1) is 0 Å². The van der Waals surface area contributed by atoms with Gasteiger partial charge in [0.2, 0.25) is 0 Å². The standard InChI is InChI=1S/C13H26N2O2/c1-13(2,3)17-12(16)15-11-7-6-10(9-11)5-4-8-14/h10-11H,4-9,14H2,1-3H3,(H,15,16). The van der Waals surface area contributed by atoms with Crippen molar-refractivity contribution in [3.63, 3.8) is 0 Å². The zero-order chi connectivity index (χ0) is 12.9. The molecule has 0 bridgehead atoms. The van der Waals surface area contributed by atoms with Crippen LogP contribution in [-0.2, 0) is 4.74 Å². The lowest BCUT2D eigenvalue weighted by molar-refractivity contribution is 0.0504. The smallest absolute Gasteiger partial charge is 0.407 e. The van der Waals surface area contributed by atoms with Gasteiger partial charge in [0.05, 0.1) is 0 Å². The van der Waals surface area contributed by atoms with Crippen molar-refractivity contribution in [1.82, 2.24) is 5.32 Å². The summed E-state index contributed by atoms with van der Waals surface area (Å²) in [5, 5.41) is 2.95. The lowest BCUT2D eigenvalue weighted by Crippen LogP contribution is -2.37. The minimum Gasteiger partial charge on any atom is -0.444 e. The normalized spacial score (nSPS) is 24.7. The Labute approximate surface area is 104 Å². The molecule has 17 heavy (non-hydrogen) atoms. The molecule has 1 aliphatic rings. The Kier molecular flexibility index (Phi) is 5.25. The summed E-state index contributed by atoms with van der Waals surface area (Å²) in [6.07, 6.45) is 5.31. The van der Waals surface area contributed by atoms with E-state index in [1.165, 1.54) is 12.8 Å². The highest BCUT2D eigenvalue weighted by molar-refractivity contribution is 5.68. The van der Waals surface area contributed by atoms with Crippen LogP contribution in [0.2, 0.25) is 0 Å². The van der Waals surface area contributed by atoms with E-state index in [9.17, 15) is 4.79 Å². The predicted molar refractivity (Wildman–Crippen MR) is 68.8 cm³/mol. The second-order valence-corrected chi connectivity index (χ2v) is 5.95. The van der Waals surface area contributed by atoms with Crippen LogP contribution in [0.3, 0.4) is 0 Å². The van der Waals surface area contributed by atoms with E-state index in [0.29, 0.717) is 0 Å². The highest BCUT2D eigenvalue weighted by Gasteiger charge is 2.27. The summed E-state index contributed by atoms with van der Waals surface area (Å²) in [7, 11) is 0. The number of amides is 1. The zero-order valence-electron chi connectivity index (χ0n) is 11.3. The number of hydrogen-bond acceptors (Lipinski definition) is 3. The molecule has 1 amide bonds. The van der Waals surface area contributed by atoms with Gasteiger partial charge < -0.3 is 15.8 Å². The molecule has 0 spiro atoms. The summed E-state index contributed by atoms with van der Waals surface area (Å²) in [5.41, 5.74) is 5.09. The van der Waals surface area contributed by atoms with E-state index in [0.717, 1.165) is 31.7 Å². The molecular formula is C13H26N2O2. The Morgan fingerprint density at radius 2 is 2.12 bits per heavy atom. The maximum absolute atomic E-state index is 11.6. The summed E-state index contributed by atoms with van der Waals surface area (Å²) >= 11 is 0. The molecule has 1 aliphatic carbocycles. The van der Waals surface area contributed by atoms with Gasteiger partial charge in [0, 0.05) is 6.04 Å². The minimum absolute atomic E-state index is 0.285. The molecule has 4 nitrogen and oxygen atoms in total. The van der Waals surface area contributed by atoms with Gasteiger partial charge in [-0.3, -0.25) is 0 Å². The van der Waals surface area contributed by atoms with E-state index in [1.54, 1.807) is 0 Å². The van der Waals surface area contributed by atoms with Crippen LogP contribution in [0.5, 0.6) is 0 Å². The van der Waals surface area contributed by atoms with E-state index < -0.39 is 5.60 Å². The van der Waals surface area contributed by atoms with Crippen LogP contribution in [0.25, 0.3) is 0 Å². The minimum atomic E-state index is -0.415. The number of carbonyl (C=O) groups is 1. The van der Waals surface area contributed by atoms with Crippen molar-refractivity contribution in [2.24, 2.45) is 11.7 Å². The second kappa shape index (κ2) is 6.24. The molecule has 2 unspecified atom stereocenters. The average Bonchev–Trinajstić information content (AvgIpc) is 2.59. The Hall–Kier alpha value is -0.770. The topological polar surface area (TPSA) is 64.3 Å². The van der Waals surface area contributed by atoms with Crippen molar-refractivity contribution in [2.75, 3.05) is 6.54 Å². The molecular weight excluding hydrogens is 216 g/mol. The average molecular weight is 242 g/mol. The zero-order valence-corrected chi connectivity index (χ0v) is 11.3. The van der Waals surface area contributed by atoms with Gasteiger partial charge in [0.15, 0.2) is 0 Å². The van der Waals surface area contributed by atoms with Crippen LogP contribution in [0, 0.1) is 5.92 Å². The van der Waals surface area contributed by atoms with E-state index in [4.69, 9.17) is 10.5 Å². The van der Waals surface area contributed by atoms with Crippen LogP contribution in [0.1, 0.15) is 52.9 Å². The number of rotatable bonds is 4. The molecule has 0 saturated heterocycles. The molecule has 4 heteroatoms. The van der Waals surface area contributed by atoms with Crippen molar-refractivity contribution >= 4 is 6.09 Å². The van der Waals surface area contributed by atoms with Crippen molar-refractivity contribution in [3.8, 4) is 0 Å². The predicted octanol–water partition coefficient (Wildman–Crippen LogP) is 2.42. The fourth-order valence-electron chi connectivity index (χ4n) is 2.35. The van der Waals surface area contributed by atoms with Gasteiger partial charge in [-0.2, -0.15) is 0 Å². The Bertz CT molecular complexity index is 248. The van der Waals surface area contributed by atoms with Crippen LogP contribution in [0.4, 0.5) is 4.79 Å². The molecule has 1 fully saturated rings. The maximum Gasteiger partial charge on any atom is 0.407 e. The molecule has 100 valence electrons. The first-order chi connectivity index (χ1) is 7.90. The first kappa shape index (κ1) is 14.3. The third kappa shape index (κ3) is 5.91. The number of hydrogen-bond donors (Lipinski definition) is 2. The summed E-state index contributed by atoms with van der Waals surface area (Å²) in [4.78, 5) is 11.6. The first-order valence-electron chi connectivity index (χ1n) is 6.60. The van der Waals surface area contributed by atoms with Gasteiger partial charge in [-0.25, -0.2) is 4.79 Å². The second-order valence-electron chi connectivity index (χ2n) is 5.95. The molecule has 3 N–H and O–H groups in total. The van der Waals surface area contributed by atoms with Crippen LogP contribution in [0.15, 0.2) is 0 Å². The Morgan fingerprint density at radius 3 is 2.71 bits per heavy atom. The molecule has 0 aromatic heterocycles. The fourth-order valence-corrected chi connectivity index (χ4v) is 2.35. The lowest BCUT2D eigenvalue weighted by atomic mass is 10.0. The third-order valence-electron chi connectivity index (χ3n) is 3.08. The van der Waals surface area contributed by atoms with Gasteiger partial charge in [-0.05, 0) is 65.3 Å². The van der Waals surface area contributed by atoms with Crippen molar-refractivity contribution in [1.29, 1.82) is 0 Å². The van der Waals surface area contributed by atoms with Gasteiger partial charge in [-0.1, -0.05) is 0 Å². The molecule has 2 atom stereocenters. The number of nitrogens with two attached hydrogens (primary N) is 1. The van der Waals surface area contributed by atoms with E-state index >= 15 is 0 Å². The molecule has 1 rings (SSSR count). The summed E-state index contributed by atoms with van der Waals surface area (Å²) in [6.45, 7) is 6.41. The Morgan fingerprint density at radius 1 is 1.41 bits per heavy atom. The monoisotopic (exact) mass is 242 g/mol. The molecule has 0 aromatic rings. The highest BCUT2D eigenvalue weighted by Crippen LogP contribution is 2.29. The number of alkyl carbamates (subject to hydrolysis) is 1. The van der Waals surface area contributed by atoms with E-state index in [-0.39, 0.29) is 12.1 Å². The number of ether oxygens (including phenoxy) is 1. The Balaban J connectivity index is 2.23. The summed E-state index contributed by atoms with van der Waals surface area (Å²) in [5.74, 6) is 0.721. The fraction of sp³-hybridized carbons (Fsp3) is 0.923. The maximum atomic E-state index is 11.6. The number of carbonyl (C=O) groups excluding carboxylic acids is 1. The first-order valence-corrected chi connectivity index (χ1v) is 6.60. The SMILES string of the molecule is CC(C)(C)OC(=O)NC1CCC(CCCN)C1. The highest BCUT2D eigenvalue weighted by atomic mass is 16.6. The molecule has 0 heterocycles. The number of nitrogens with one attached hydrogen (secondary N) is 1. The van der Waals surface area contributed by atoms with Gasteiger partial charge in [0.25, 0.3) is 0 Å². The van der Waals surface area contributed by atoms with Gasteiger partial charge >= 0.3 is 6.09 Å². The van der Waals surface area contributed by atoms with E-state index in [2.05, 4.69) is 5.32 Å². The molecule has 0 aliphatic heterocycles. The summed E-state index contributed by atoms with van der Waals surface area (Å²) in [6, 6.07) is 0.285. The van der Waals surface area contributed by atoms with Crippen molar-refractivity contribution in [3.05, 3.63) is 0 Å². The molecule has 0 radical (unpaired) electrons. The lowest BCUT2D eigenvalue weighted by Gasteiger charge is -2.21. The van der Waals surface area contributed by atoms with Crippen LogP contribution in [-0.4, -0.2) is 24.3 Å². The molecule has 1 saturated carbocycles. The van der Waals surface area contributed by atoms with E-state index in [1.807, 2.05) is 20.8 Å². The summed E-state index contributed by atoms with van der Waals surface area (Å²) < 4.78 is 5.25. The van der Waals surface area contributed by atoms with Crippen LogP contribution < -0.4 is 11.1 Å².